The van der Waals surface area contributed by atoms with E-state index in [-0.39, 0.29) is 21.4 Å². The van der Waals surface area contributed by atoms with E-state index in [0.29, 0.717) is 24.5 Å². The quantitative estimate of drug-likeness (QED) is 0.539. The maximum Gasteiger partial charge on any atom is 0.274 e. The van der Waals surface area contributed by atoms with Crippen LogP contribution in [0.4, 0.5) is 5.69 Å². The van der Waals surface area contributed by atoms with Crippen LogP contribution in [0.5, 0.6) is 17.2 Å². The summed E-state index contributed by atoms with van der Waals surface area (Å²) in [6, 6.07) is 9.22. The summed E-state index contributed by atoms with van der Waals surface area (Å²) in [5, 5.41) is 3.08. The third kappa shape index (κ3) is 5.31. The second-order valence-electron chi connectivity index (χ2n) is 6.10. The molecule has 0 atom stereocenters. The van der Waals surface area contributed by atoms with Crippen LogP contribution in [0.3, 0.4) is 0 Å². The zero-order chi connectivity index (χ0) is 21.5. The number of rotatable bonds is 8. The van der Waals surface area contributed by atoms with Crippen molar-refractivity contribution < 1.29 is 19.0 Å². The molecule has 0 saturated heterocycles. The van der Waals surface area contributed by atoms with Crippen LogP contribution in [0.2, 0.25) is 10.0 Å². The number of hydrogen-bond acceptors (Lipinski definition) is 6. The van der Waals surface area contributed by atoms with E-state index in [9.17, 15) is 4.79 Å². The lowest BCUT2D eigenvalue weighted by Crippen LogP contribution is -2.15. The molecule has 1 amide bonds. The Bertz CT molecular complexity index is 1030. The van der Waals surface area contributed by atoms with Crippen LogP contribution in [0.25, 0.3) is 0 Å². The zero-order valence-corrected chi connectivity index (χ0v) is 17.8. The van der Waals surface area contributed by atoms with Gasteiger partial charge in [-0.15, -0.1) is 0 Å². The summed E-state index contributed by atoms with van der Waals surface area (Å²) < 4.78 is 16.4. The van der Waals surface area contributed by atoms with Crippen LogP contribution < -0.4 is 19.5 Å². The van der Waals surface area contributed by atoms with Crippen LogP contribution in [0, 0.1) is 0 Å². The van der Waals surface area contributed by atoms with Crippen molar-refractivity contribution >= 4 is 34.8 Å². The predicted molar refractivity (Wildman–Crippen MR) is 115 cm³/mol. The number of nitrogens with zero attached hydrogens (tertiary/aromatic N) is 2. The highest BCUT2D eigenvalue weighted by molar-refractivity contribution is 6.39. The molecule has 9 heteroatoms. The minimum atomic E-state index is -0.495. The topological polar surface area (TPSA) is 82.6 Å². The third-order valence-electron chi connectivity index (χ3n) is 4.16. The van der Waals surface area contributed by atoms with Crippen LogP contribution in [-0.4, -0.2) is 36.7 Å². The average molecular weight is 448 g/mol. The highest BCUT2D eigenvalue weighted by Gasteiger charge is 2.16. The van der Waals surface area contributed by atoms with Gasteiger partial charge < -0.3 is 19.5 Å². The number of carbonyl (C=O) groups excluding carboxylic acids is 1. The molecule has 0 saturated carbocycles. The molecular formula is C21H19Cl2N3O4. The van der Waals surface area contributed by atoms with Crippen molar-refractivity contribution in [3.63, 3.8) is 0 Å². The van der Waals surface area contributed by atoms with Crippen LogP contribution in [0.1, 0.15) is 16.1 Å². The first kappa shape index (κ1) is 21.7. The van der Waals surface area contributed by atoms with Crippen molar-refractivity contribution in [1.82, 2.24) is 9.97 Å². The molecule has 0 unspecified atom stereocenters. The second kappa shape index (κ2) is 10.1. The molecule has 0 aliphatic heterocycles. The molecule has 1 N–H and O–H groups in total. The van der Waals surface area contributed by atoms with Crippen molar-refractivity contribution in [2.24, 2.45) is 0 Å². The first-order valence-electron chi connectivity index (χ1n) is 8.92. The van der Waals surface area contributed by atoms with Crippen LogP contribution >= 0.6 is 23.2 Å². The lowest BCUT2D eigenvalue weighted by atomic mass is 10.1. The van der Waals surface area contributed by atoms with Crippen molar-refractivity contribution in [2.75, 3.05) is 26.1 Å². The summed E-state index contributed by atoms with van der Waals surface area (Å²) in [4.78, 5) is 20.6. The number of amides is 1. The minimum absolute atomic E-state index is 0.121. The van der Waals surface area contributed by atoms with E-state index in [4.69, 9.17) is 37.4 Å². The van der Waals surface area contributed by atoms with Gasteiger partial charge in [-0.3, -0.25) is 9.78 Å². The molecule has 0 aliphatic rings. The van der Waals surface area contributed by atoms with Gasteiger partial charge in [-0.05, 0) is 17.7 Å². The highest BCUT2D eigenvalue weighted by Crippen LogP contribution is 2.30. The van der Waals surface area contributed by atoms with Gasteiger partial charge in [-0.1, -0.05) is 35.3 Å². The number of nitrogens with one attached hydrogen (secondary N) is 1. The van der Waals surface area contributed by atoms with Gasteiger partial charge in [0.1, 0.15) is 11.4 Å². The van der Waals surface area contributed by atoms with E-state index in [0.717, 1.165) is 11.3 Å². The molecule has 3 aromatic rings. The predicted octanol–water partition coefficient (Wildman–Crippen LogP) is 4.67. The molecule has 156 valence electrons. The molecule has 0 spiro atoms. The fraction of sp³-hybridized carbons (Fsp3) is 0.190. The number of pyridine rings is 2. The number of carbonyl (C=O) groups is 1. The largest absolute Gasteiger partial charge is 0.497 e. The number of halogens is 2. The van der Waals surface area contributed by atoms with Crippen molar-refractivity contribution in [3.8, 4) is 17.2 Å². The van der Waals surface area contributed by atoms with Crippen molar-refractivity contribution in [1.29, 1.82) is 0 Å². The molecular weight excluding hydrogens is 429 g/mol. The van der Waals surface area contributed by atoms with Gasteiger partial charge in [0, 0.05) is 24.9 Å². The van der Waals surface area contributed by atoms with Gasteiger partial charge in [0.05, 0.1) is 42.8 Å². The summed E-state index contributed by atoms with van der Waals surface area (Å²) in [6.45, 7) is 0.372. The molecule has 0 radical (unpaired) electrons. The smallest absolute Gasteiger partial charge is 0.274 e. The van der Waals surface area contributed by atoms with Crippen LogP contribution in [0.15, 0.2) is 48.9 Å². The monoisotopic (exact) mass is 447 g/mol. The Morgan fingerprint density at radius 2 is 1.80 bits per heavy atom. The molecule has 0 aliphatic carbocycles. The summed E-state index contributed by atoms with van der Waals surface area (Å²) >= 11 is 12.1. The first-order valence-corrected chi connectivity index (χ1v) is 9.67. The Morgan fingerprint density at radius 3 is 2.50 bits per heavy atom. The van der Waals surface area contributed by atoms with Gasteiger partial charge in [0.2, 0.25) is 0 Å². The molecule has 30 heavy (non-hydrogen) atoms. The Labute approximate surface area is 183 Å². The summed E-state index contributed by atoms with van der Waals surface area (Å²) in [5.41, 5.74) is 1.44. The second-order valence-corrected chi connectivity index (χ2v) is 6.92. The van der Waals surface area contributed by atoms with Gasteiger partial charge in [-0.2, -0.15) is 0 Å². The first-order chi connectivity index (χ1) is 14.5. The Morgan fingerprint density at radius 1 is 1.03 bits per heavy atom. The van der Waals surface area contributed by atoms with Gasteiger partial charge in [0.15, 0.2) is 11.5 Å². The summed E-state index contributed by atoms with van der Waals surface area (Å²) in [5.74, 6) is 1.09. The van der Waals surface area contributed by atoms with Gasteiger partial charge in [-0.25, -0.2) is 4.98 Å². The Kier molecular flexibility index (Phi) is 7.32. The Balaban J connectivity index is 1.72. The third-order valence-corrected chi connectivity index (χ3v) is 4.73. The fourth-order valence-corrected chi connectivity index (χ4v) is 3.09. The van der Waals surface area contributed by atoms with Crippen molar-refractivity contribution in [2.45, 2.75) is 6.42 Å². The number of ether oxygens (including phenoxy) is 3. The molecule has 2 heterocycles. The maximum absolute atomic E-state index is 12.6. The Hall–Kier alpha value is -3.03. The lowest BCUT2D eigenvalue weighted by Gasteiger charge is -2.13. The SMILES string of the molecule is COc1cccc(CCOc2cc(C(=O)Nc3c(Cl)cncc3Cl)ncc2OC)c1. The molecule has 2 aromatic heterocycles. The molecule has 0 fully saturated rings. The lowest BCUT2D eigenvalue weighted by molar-refractivity contribution is 0.102. The van der Waals surface area contributed by atoms with E-state index in [1.807, 2.05) is 24.3 Å². The highest BCUT2D eigenvalue weighted by atomic mass is 35.5. The summed E-state index contributed by atoms with van der Waals surface area (Å²) in [7, 11) is 3.12. The molecule has 3 rings (SSSR count). The fourth-order valence-electron chi connectivity index (χ4n) is 2.63. The van der Waals surface area contributed by atoms with E-state index in [1.54, 1.807) is 7.11 Å². The van der Waals surface area contributed by atoms with E-state index in [2.05, 4.69) is 15.3 Å². The number of anilines is 1. The average Bonchev–Trinajstić information content (AvgIpc) is 2.76. The number of methoxy groups -OCH3 is 2. The molecule has 0 bridgehead atoms. The van der Waals surface area contributed by atoms with E-state index in [1.165, 1.54) is 31.8 Å². The number of aromatic nitrogens is 2. The summed E-state index contributed by atoms with van der Waals surface area (Å²) in [6.07, 6.45) is 4.84. The number of benzene rings is 1. The van der Waals surface area contributed by atoms with E-state index < -0.39 is 5.91 Å². The van der Waals surface area contributed by atoms with Gasteiger partial charge >= 0.3 is 0 Å². The zero-order valence-electron chi connectivity index (χ0n) is 16.3. The van der Waals surface area contributed by atoms with Gasteiger partial charge in [0.25, 0.3) is 5.91 Å². The van der Waals surface area contributed by atoms with Crippen LogP contribution in [-0.2, 0) is 6.42 Å². The minimum Gasteiger partial charge on any atom is -0.497 e. The van der Waals surface area contributed by atoms with Crippen molar-refractivity contribution in [3.05, 3.63) is 70.2 Å². The number of hydrogen-bond donors (Lipinski definition) is 1. The standard InChI is InChI=1S/C21H19Cl2N3O4/c1-28-14-5-3-4-13(8-14)6-7-30-18-9-17(25-12-19(18)29-2)21(27)26-20-15(22)10-24-11-16(20)23/h3-5,8-12H,6-7H2,1-2H3,(H,24,26,27). The van der Waals surface area contributed by atoms with E-state index >= 15 is 0 Å². The normalized spacial score (nSPS) is 10.4. The maximum atomic E-state index is 12.6. The molecule has 7 nitrogen and oxygen atoms in total. The molecule has 1 aromatic carbocycles.